The van der Waals surface area contributed by atoms with Crippen LogP contribution < -0.4 is 0 Å². The lowest BCUT2D eigenvalue weighted by Crippen LogP contribution is -2.50. The minimum absolute atomic E-state index is 0.168. The third kappa shape index (κ3) is 2.34. The molecule has 0 amide bonds. The predicted octanol–water partition coefficient (Wildman–Crippen LogP) is 3.30. The molecule has 0 saturated heterocycles. The summed E-state index contributed by atoms with van der Waals surface area (Å²) in [6, 6.07) is 5.41. The molecule has 1 aromatic carbocycles. The van der Waals surface area contributed by atoms with Crippen LogP contribution in [0, 0.1) is 11.7 Å². The summed E-state index contributed by atoms with van der Waals surface area (Å²) in [5.74, 6) is -1.55. The predicted molar refractivity (Wildman–Crippen MR) is 79.2 cm³/mol. The van der Waals surface area contributed by atoms with Crippen LogP contribution in [0.2, 0.25) is 0 Å². The van der Waals surface area contributed by atoms with Crippen molar-refractivity contribution < 1.29 is 18.7 Å². The SMILES string of the molecule is CC1=NC(C(=O)c2cccc(F)c2)(C2CCCCC2)C(=O)O1. The maximum Gasteiger partial charge on any atom is 0.349 e. The normalized spacial score (nSPS) is 25.7. The summed E-state index contributed by atoms with van der Waals surface area (Å²) in [6.07, 6.45) is 4.54. The van der Waals surface area contributed by atoms with Crippen molar-refractivity contribution in [1.82, 2.24) is 0 Å². The van der Waals surface area contributed by atoms with Crippen LogP contribution in [0.15, 0.2) is 29.3 Å². The molecule has 0 aromatic heterocycles. The topological polar surface area (TPSA) is 55.7 Å². The average molecular weight is 303 g/mol. The Morgan fingerprint density at radius 3 is 2.64 bits per heavy atom. The van der Waals surface area contributed by atoms with E-state index in [1.54, 1.807) is 6.92 Å². The summed E-state index contributed by atoms with van der Waals surface area (Å²) >= 11 is 0. The number of ketones is 1. The maximum atomic E-state index is 13.5. The number of esters is 1. The number of carbonyl (C=O) groups is 2. The number of halogens is 1. The minimum atomic E-state index is -1.53. The molecule has 22 heavy (non-hydrogen) atoms. The first-order chi connectivity index (χ1) is 10.5. The molecule has 5 heteroatoms. The Hall–Kier alpha value is -2.04. The lowest BCUT2D eigenvalue weighted by molar-refractivity contribution is -0.139. The molecule has 1 unspecified atom stereocenters. The molecule has 0 spiro atoms. The first-order valence-corrected chi connectivity index (χ1v) is 7.63. The van der Waals surface area contributed by atoms with Crippen LogP contribution in [0.3, 0.4) is 0 Å². The van der Waals surface area contributed by atoms with Crippen molar-refractivity contribution in [3.05, 3.63) is 35.6 Å². The van der Waals surface area contributed by atoms with E-state index in [0.29, 0.717) is 0 Å². The van der Waals surface area contributed by atoms with E-state index in [0.717, 1.165) is 38.2 Å². The Kier molecular flexibility index (Phi) is 3.81. The third-order valence-corrected chi connectivity index (χ3v) is 4.51. The van der Waals surface area contributed by atoms with Crippen molar-refractivity contribution in [2.24, 2.45) is 10.9 Å². The molecule has 1 atom stereocenters. The van der Waals surface area contributed by atoms with E-state index in [4.69, 9.17) is 4.74 Å². The molecule has 1 aliphatic heterocycles. The Balaban J connectivity index is 2.06. The monoisotopic (exact) mass is 303 g/mol. The van der Waals surface area contributed by atoms with E-state index in [1.807, 2.05) is 0 Å². The molecule has 1 fully saturated rings. The smallest absolute Gasteiger partial charge is 0.349 e. The molecular weight excluding hydrogens is 285 g/mol. The van der Waals surface area contributed by atoms with Gasteiger partial charge in [-0.05, 0) is 25.0 Å². The number of carbonyl (C=O) groups excluding carboxylic acids is 2. The van der Waals surface area contributed by atoms with Crippen molar-refractivity contribution in [2.75, 3.05) is 0 Å². The van der Waals surface area contributed by atoms with Gasteiger partial charge in [-0.25, -0.2) is 14.2 Å². The lowest BCUT2D eigenvalue weighted by Gasteiger charge is -2.33. The molecule has 1 heterocycles. The van der Waals surface area contributed by atoms with Crippen LogP contribution in [0.25, 0.3) is 0 Å². The highest BCUT2D eigenvalue weighted by Gasteiger charge is 2.57. The van der Waals surface area contributed by atoms with Crippen LogP contribution in [-0.2, 0) is 9.53 Å². The lowest BCUT2D eigenvalue weighted by atomic mass is 9.71. The Bertz CT molecular complexity index is 649. The number of hydrogen-bond acceptors (Lipinski definition) is 4. The minimum Gasteiger partial charge on any atom is -0.410 e. The first-order valence-electron chi connectivity index (χ1n) is 7.63. The number of aliphatic imine (C=N–C) groups is 1. The van der Waals surface area contributed by atoms with Gasteiger partial charge in [0.05, 0.1) is 0 Å². The second-order valence-electron chi connectivity index (χ2n) is 5.96. The Morgan fingerprint density at radius 2 is 2.05 bits per heavy atom. The molecule has 0 bridgehead atoms. The first kappa shape index (κ1) is 14.9. The fourth-order valence-electron chi connectivity index (χ4n) is 3.49. The Labute approximate surface area is 128 Å². The van der Waals surface area contributed by atoms with Gasteiger partial charge >= 0.3 is 5.97 Å². The highest BCUT2D eigenvalue weighted by atomic mass is 19.1. The second kappa shape index (κ2) is 5.63. The molecule has 2 aliphatic rings. The largest absolute Gasteiger partial charge is 0.410 e. The zero-order valence-electron chi connectivity index (χ0n) is 12.5. The van der Waals surface area contributed by atoms with Crippen molar-refractivity contribution in [3.8, 4) is 0 Å². The van der Waals surface area contributed by atoms with E-state index < -0.39 is 23.1 Å². The van der Waals surface area contributed by atoms with Gasteiger partial charge in [0.2, 0.25) is 11.3 Å². The van der Waals surface area contributed by atoms with Crippen molar-refractivity contribution >= 4 is 17.7 Å². The summed E-state index contributed by atoms with van der Waals surface area (Å²) in [6.45, 7) is 1.57. The van der Waals surface area contributed by atoms with Gasteiger partial charge in [0, 0.05) is 18.4 Å². The highest BCUT2D eigenvalue weighted by Crippen LogP contribution is 2.41. The van der Waals surface area contributed by atoms with Crippen molar-refractivity contribution in [2.45, 2.75) is 44.6 Å². The molecule has 1 aliphatic carbocycles. The fourth-order valence-corrected chi connectivity index (χ4v) is 3.49. The van der Waals surface area contributed by atoms with Gasteiger partial charge in [-0.15, -0.1) is 0 Å². The number of hydrogen-bond donors (Lipinski definition) is 0. The zero-order chi connectivity index (χ0) is 15.7. The summed E-state index contributed by atoms with van der Waals surface area (Å²) in [7, 11) is 0. The van der Waals surface area contributed by atoms with Crippen LogP contribution >= 0.6 is 0 Å². The number of nitrogens with zero attached hydrogens (tertiary/aromatic N) is 1. The summed E-state index contributed by atoms with van der Waals surface area (Å²) < 4.78 is 18.6. The van der Waals surface area contributed by atoms with E-state index in [-0.39, 0.29) is 17.4 Å². The van der Waals surface area contributed by atoms with Crippen LogP contribution in [0.5, 0.6) is 0 Å². The number of rotatable bonds is 3. The van der Waals surface area contributed by atoms with Gasteiger partial charge in [0.1, 0.15) is 5.82 Å². The van der Waals surface area contributed by atoms with Gasteiger partial charge < -0.3 is 4.74 Å². The quantitative estimate of drug-likeness (QED) is 0.489. The molecular formula is C17H18FNO3. The highest BCUT2D eigenvalue weighted by molar-refractivity contribution is 6.21. The molecule has 1 saturated carbocycles. The standard InChI is InChI=1S/C17H18FNO3/c1-11-19-17(16(21)22-11,13-7-3-2-4-8-13)15(20)12-6-5-9-14(18)10-12/h5-6,9-10,13H,2-4,7-8H2,1H3. The van der Waals surface area contributed by atoms with E-state index in [1.165, 1.54) is 18.2 Å². The van der Waals surface area contributed by atoms with E-state index >= 15 is 0 Å². The zero-order valence-corrected chi connectivity index (χ0v) is 12.5. The maximum absolute atomic E-state index is 13.5. The van der Waals surface area contributed by atoms with Gasteiger partial charge in [-0.2, -0.15) is 0 Å². The summed E-state index contributed by atoms with van der Waals surface area (Å²) in [4.78, 5) is 29.8. The average Bonchev–Trinajstić information content (AvgIpc) is 2.83. The molecule has 3 rings (SSSR count). The summed E-state index contributed by atoms with van der Waals surface area (Å²) in [5, 5.41) is 0. The van der Waals surface area contributed by atoms with Crippen LogP contribution in [0.4, 0.5) is 4.39 Å². The van der Waals surface area contributed by atoms with E-state index in [2.05, 4.69) is 4.99 Å². The van der Waals surface area contributed by atoms with Gasteiger partial charge in [0.25, 0.3) is 0 Å². The number of ether oxygens (including phenoxy) is 1. The van der Waals surface area contributed by atoms with Gasteiger partial charge in [-0.1, -0.05) is 31.4 Å². The number of benzene rings is 1. The molecule has 116 valence electrons. The second-order valence-corrected chi connectivity index (χ2v) is 5.96. The Morgan fingerprint density at radius 1 is 1.32 bits per heavy atom. The van der Waals surface area contributed by atoms with Crippen LogP contribution in [-0.4, -0.2) is 23.2 Å². The number of cyclic esters (lactones) is 1. The van der Waals surface area contributed by atoms with Crippen LogP contribution in [0.1, 0.15) is 49.4 Å². The summed E-state index contributed by atoms with van der Waals surface area (Å²) in [5.41, 5.74) is -1.36. The molecule has 0 N–H and O–H groups in total. The fraction of sp³-hybridized carbons (Fsp3) is 0.471. The van der Waals surface area contributed by atoms with Crippen molar-refractivity contribution in [1.29, 1.82) is 0 Å². The molecule has 4 nitrogen and oxygen atoms in total. The molecule has 0 radical (unpaired) electrons. The number of Topliss-reactive ketones (excluding diaryl/α,β-unsaturated/α-hetero) is 1. The van der Waals surface area contributed by atoms with E-state index in [9.17, 15) is 14.0 Å². The van der Waals surface area contributed by atoms with Gasteiger partial charge in [-0.3, -0.25) is 4.79 Å². The van der Waals surface area contributed by atoms with Gasteiger partial charge in [0.15, 0.2) is 5.90 Å². The third-order valence-electron chi connectivity index (χ3n) is 4.51. The molecule has 1 aromatic rings. The van der Waals surface area contributed by atoms with Crippen molar-refractivity contribution in [3.63, 3.8) is 0 Å².